The minimum absolute atomic E-state index is 0.714. The van der Waals surface area contributed by atoms with Crippen molar-refractivity contribution in [1.29, 1.82) is 0 Å². The Morgan fingerprint density at radius 1 is 1.33 bits per heavy atom. The molecule has 0 spiro atoms. The molecular weight excluding hydrogens is 212 g/mol. The van der Waals surface area contributed by atoms with Gasteiger partial charge >= 0.3 is 0 Å². The van der Waals surface area contributed by atoms with E-state index >= 15 is 0 Å². The molecule has 1 saturated carbocycles. The third kappa shape index (κ3) is 1.52. The van der Waals surface area contributed by atoms with Gasteiger partial charge in [-0.2, -0.15) is 0 Å². The Kier molecular flexibility index (Phi) is 2.40. The number of rotatable bonds is 1. The van der Waals surface area contributed by atoms with Crippen molar-refractivity contribution < 1.29 is 0 Å². The van der Waals surface area contributed by atoms with E-state index in [-0.39, 0.29) is 0 Å². The van der Waals surface area contributed by atoms with Crippen LogP contribution in [0.3, 0.4) is 0 Å². The third-order valence-corrected chi connectivity index (χ3v) is 4.14. The molecule has 1 heteroatoms. The Hall–Kier alpha value is -0.0400. The van der Waals surface area contributed by atoms with E-state index in [0.717, 1.165) is 5.92 Å². The first-order valence-corrected chi connectivity index (χ1v) is 5.63. The highest BCUT2D eigenvalue weighted by Gasteiger charge is 2.24. The summed E-state index contributed by atoms with van der Waals surface area (Å²) in [5.74, 6) is 1.65. The molecule has 0 aliphatic heterocycles. The lowest BCUT2D eigenvalue weighted by Crippen LogP contribution is -2.17. The Bertz CT molecular complexity index is 233. The molecule has 66 valence electrons. The van der Waals surface area contributed by atoms with E-state index < -0.39 is 0 Å². The maximum Gasteiger partial charge on any atom is -0.00180 e. The topological polar surface area (TPSA) is 0 Å². The lowest BCUT2D eigenvalue weighted by Gasteiger charge is -2.31. The number of halogens is 1. The molecule has 0 N–H and O–H groups in total. The first-order chi connectivity index (χ1) is 5.77. The van der Waals surface area contributed by atoms with Crippen LogP contribution in [0.4, 0.5) is 0 Å². The maximum atomic E-state index is 3.59. The lowest BCUT2D eigenvalue weighted by molar-refractivity contribution is 0.351. The average Bonchev–Trinajstić information content (AvgIpc) is 1.93. The van der Waals surface area contributed by atoms with Crippen LogP contribution < -0.4 is 0 Å². The van der Waals surface area contributed by atoms with Crippen molar-refractivity contribution in [2.75, 3.05) is 0 Å². The first kappa shape index (κ1) is 8.55. The Morgan fingerprint density at radius 2 is 2.08 bits per heavy atom. The molecular formula is C11H15Br. The molecule has 2 rings (SSSR count). The molecule has 1 fully saturated rings. The number of hydrogen-bond acceptors (Lipinski definition) is 0. The van der Waals surface area contributed by atoms with E-state index in [1.165, 1.54) is 30.2 Å². The fraction of sp³-hybridized carbons (Fsp3) is 0.636. The van der Waals surface area contributed by atoms with Gasteiger partial charge in [0.25, 0.3) is 0 Å². The molecule has 0 amide bonds. The van der Waals surface area contributed by atoms with Crippen LogP contribution in [0.25, 0.3) is 0 Å². The first-order valence-electron chi connectivity index (χ1n) is 4.83. The smallest absolute Gasteiger partial charge is 0.00180 e. The monoisotopic (exact) mass is 226 g/mol. The highest BCUT2D eigenvalue weighted by Crippen LogP contribution is 2.40. The second-order valence-corrected chi connectivity index (χ2v) is 4.94. The van der Waals surface area contributed by atoms with E-state index in [0.29, 0.717) is 5.92 Å². The van der Waals surface area contributed by atoms with Crippen LogP contribution in [0.5, 0.6) is 0 Å². The van der Waals surface area contributed by atoms with Crippen molar-refractivity contribution in [2.24, 2.45) is 11.8 Å². The summed E-state index contributed by atoms with van der Waals surface area (Å²) in [6.07, 6.45) is 10.2. The SMILES string of the molecule is CC1CC(C2CCC2)=CC=C1Br. The van der Waals surface area contributed by atoms with Crippen LogP contribution in [-0.2, 0) is 0 Å². The van der Waals surface area contributed by atoms with Crippen molar-refractivity contribution in [3.05, 3.63) is 22.2 Å². The van der Waals surface area contributed by atoms with E-state index in [4.69, 9.17) is 0 Å². The predicted molar refractivity (Wildman–Crippen MR) is 56.2 cm³/mol. The summed E-state index contributed by atoms with van der Waals surface area (Å²) in [4.78, 5) is 0. The van der Waals surface area contributed by atoms with Crippen LogP contribution in [0.2, 0.25) is 0 Å². The van der Waals surface area contributed by atoms with Gasteiger partial charge in [-0.3, -0.25) is 0 Å². The van der Waals surface area contributed by atoms with Gasteiger partial charge in [0.2, 0.25) is 0 Å². The fourth-order valence-corrected chi connectivity index (χ4v) is 2.25. The lowest BCUT2D eigenvalue weighted by atomic mass is 9.75. The summed E-state index contributed by atoms with van der Waals surface area (Å²) < 4.78 is 1.37. The van der Waals surface area contributed by atoms with Gasteiger partial charge in [-0.25, -0.2) is 0 Å². The molecule has 12 heavy (non-hydrogen) atoms. The van der Waals surface area contributed by atoms with Crippen LogP contribution >= 0.6 is 15.9 Å². The van der Waals surface area contributed by atoms with E-state index in [1.54, 1.807) is 5.57 Å². The highest BCUT2D eigenvalue weighted by molar-refractivity contribution is 9.11. The number of allylic oxidation sites excluding steroid dienone is 4. The highest BCUT2D eigenvalue weighted by atomic mass is 79.9. The van der Waals surface area contributed by atoms with Gasteiger partial charge in [-0.05, 0) is 35.6 Å². The van der Waals surface area contributed by atoms with Gasteiger partial charge in [0, 0.05) is 0 Å². The predicted octanol–water partition coefficient (Wildman–Crippen LogP) is 4.03. The molecule has 0 radical (unpaired) electrons. The minimum Gasteiger partial charge on any atom is -0.0665 e. The van der Waals surface area contributed by atoms with E-state index in [9.17, 15) is 0 Å². The molecule has 1 atom stereocenters. The van der Waals surface area contributed by atoms with Crippen molar-refractivity contribution in [3.8, 4) is 0 Å². The van der Waals surface area contributed by atoms with Gasteiger partial charge in [0.15, 0.2) is 0 Å². The Morgan fingerprint density at radius 3 is 2.58 bits per heavy atom. The Labute approximate surface area is 82.9 Å². The maximum absolute atomic E-state index is 3.59. The van der Waals surface area contributed by atoms with E-state index in [1.807, 2.05) is 0 Å². The van der Waals surface area contributed by atoms with Crippen LogP contribution in [0.1, 0.15) is 32.6 Å². The summed E-state index contributed by atoms with van der Waals surface area (Å²) in [5.41, 5.74) is 1.69. The molecule has 0 heterocycles. The molecule has 0 bridgehead atoms. The van der Waals surface area contributed by atoms with Crippen LogP contribution in [0.15, 0.2) is 22.2 Å². The minimum atomic E-state index is 0.714. The summed E-state index contributed by atoms with van der Waals surface area (Å²) in [6, 6.07) is 0. The zero-order valence-corrected chi connectivity index (χ0v) is 9.10. The fourth-order valence-electron chi connectivity index (χ4n) is 1.95. The van der Waals surface area contributed by atoms with Crippen LogP contribution in [0, 0.1) is 11.8 Å². The van der Waals surface area contributed by atoms with Gasteiger partial charge < -0.3 is 0 Å². The van der Waals surface area contributed by atoms with Crippen molar-refractivity contribution in [2.45, 2.75) is 32.6 Å². The molecule has 2 aliphatic carbocycles. The Balaban J connectivity index is 2.07. The molecule has 1 unspecified atom stereocenters. The normalized spacial score (nSPS) is 30.7. The molecule has 2 aliphatic rings. The molecule has 0 nitrogen and oxygen atoms in total. The van der Waals surface area contributed by atoms with Gasteiger partial charge in [0.05, 0.1) is 0 Å². The van der Waals surface area contributed by atoms with Crippen molar-refractivity contribution in [3.63, 3.8) is 0 Å². The quantitative estimate of drug-likeness (QED) is 0.634. The average molecular weight is 227 g/mol. The summed E-state index contributed by atoms with van der Waals surface area (Å²) >= 11 is 3.59. The molecule has 0 aromatic rings. The zero-order chi connectivity index (χ0) is 8.55. The molecule has 0 aromatic heterocycles. The third-order valence-electron chi connectivity index (χ3n) is 3.10. The largest absolute Gasteiger partial charge is 0.0665 e. The molecule has 0 aromatic carbocycles. The second-order valence-electron chi connectivity index (χ2n) is 4.03. The summed E-state index contributed by atoms with van der Waals surface area (Å²) in [5, 5.41) is 0. The van der Waals surface area contributed by atoms with Crippen molar-refractivity contribution >= 4 is 15.9 Å². The second kappa shape index (κ2) is 3.37. The van der Waals surface area contributed by atoms with Gasteiger partial charge in [-0.1, -0.05) is 47.0 Å². The van der Waals surface area contributed by atoms with Gasteiger partial charge in [0.1, 0.15) is 0 Å². The van der Waals surface area contributed by atoms with Crippen molar-refractivity contribution in [1.82, 2.24) is 0 Å². The van der Waals surface area contributed by atoms with Crippen LogP contribution in [-0.4, -0.2) is 0 Å². The van der Waals surface area contributed by atoms with Gasteiger partial charge in [-0.15, -0.1) is 0 Å². The van der Waals surface area contributed by atoms with E-state index in [2.05, 4.69) is 35.0 Å². The number of hydrogen-bond donors (Lipinski definition) is 0. The zero-order valence-electron chi connectivity index (χ0n) is 7.52. The standard InChI is InChI=1S/C11H15Br/c1-8-7-10(5-6-11(8)12)9-3-2-4-9/h5-6,8-9H,2-4,7H2,1H3. The molecule has 0 saturated heterocycles. The summed E-state index contributed by atoms with van der Waals surface area (Å²) in [7, 11) is 0. The summed E-state index contributed by atoms with van der Waals surface area (Å²) in [6.45, 7) is 2.30.